The second-order valence-electron chi connectivity index (χ2n) is 5.53. The number of aryl methyl sites for hydroxylation is 2. The Bertz CT molecular complexity index is 726. The van der Waals surface area contributed by atoms with Crippen LogP contribution in [0.1, 0.15) is 28.9 Å². The molecular weight excluding hydrogens is 314 g/mol. The number of amides is 1. The van der Waals surface area contributed by atoms with Gasteiger partial charge in [0.2, 0.25) is 5.91 Å². The highest BCUT2D eigenvalue weighted by molar-refractivity contribution is 7.09. The first-order chi connectivity index (χ1) is 11.1. The molecular formula is C16H19N3O3S. The van der Waals surface area contributed by atoms with Crippen molar-refractivity contribution in [1.82, 2.24) is 14.9 Å². The van der Waals surface area contributed by atoms with Crippen LogP contribution in [0.4, 0.5) is 0 Å². The van der Waals surface area contributed by atoms with Crippen molar-refractivity contribution in [3.63, 3.8) is 0 Å². The third kappa shape index (κ3) is 4.05. The quantitative estimate of drug-likeness (QED) is 0.923. The molecule has 1 saturated heterocycles. The molecule has 3 rings (SSSR count). The predicted octanol–water partition coefficient (Wildman–Crippen LogP) is 1.67. The molecule has 0 spiro atoms. The first-order valence-corrected chi connectivity index (χ1v) is 8.49. The number of carbonyl (C=O) groups is 1. The molecule has 7 heteroatoms. The maximum atomic E-state index is 12.4. The van der Waals surface area contributed by atoms with Gasteiger partial charge in [-0.25, -0.2) is 4.98 Å². The molecule has 122 valence electrons. The Hall–Kier alpha value is -1.99. The van der Waals surface area contributed by atoms with Crippen LogP contribution in [0.25, 0.3) is 0 Å². The molecule has 1 aliphatic rings. The third-order valence-corrected chi connectivity index (χ3v) is 4.73. The Morgan fingerprint density at radius 2 is 2.43 bits per heavy atom. The van der Waals surface area contributed by atoms with Gasteiger partial charge in [-0.1, -0.05) is 6.07 Å². The molecule has 1 atom stereocenters. The molecule has 1 amide bonds. The summed E-state index contributed by atoms with van der Waals surface area (Å²) in [4.78, 5) is 33.9. The normalized spacial score (nSPS) is 18.1. The number of thiophene rings is 1. The van der Waals surface area contributed by atoms with E-state index in [2.05, 4.69) is 9.97 Å². The fourth-order valence-electron chi connectivity index (χ4n) is 2.67. The van der Waals surface area contributed by atoms with Crippen molar-refractivity contribution in [2.75, 3.05) is 19.7 Å². The number of nitrogens with one attached hydrogen (secondary N) is 1. The van der Waals surface area contributed by atoms with E-state index < -0.39 is 0 Å². The van der Waals surface area contributed by atoms with Crippen LogP contribution >= 0.6 is 11.3 Å². The lowest BCUT2D eigenvalue weighted by Gasteiger charge is -2.32. The SMILES string of the molecule is Cc1nc([C@@H]2CN(C(=O)CCc3cccs3)CCO2)cc(=O)[nH]1. The zero-order valence-corrected chi connectivity index (χ0v) is 13.8. The van der Waals surface area contributed by atoms with Crippen LogP contribution in [0.2, 0.25) is 0 Å². The van der Waals surface area contributed by atoms with Crippen molar-refractivity contribution in [3.05, 3.63) is 50.3 Å². The van der Waals surface area contributed by atoms with Crippen LogP contribution in [-0.2, 0) is 16.0 Å². The van der Waals surface area contributed by atoms with Gasteiger partial charge in [0.1, 0.15) is 11.9 Å². The number of hydrogen-bond acceptors (Lipinski definition) is 5. The molecule has 0 aliphatic carbocycles. The third-order valence-electron chi connectivity index (χ3n) is 3.79. The summed E-state index contributed by atoms with van der Waals surface area (Å²) >= 11 is 1.67. The fourth-order valence-corrected chi connectivity index (χ4v) is 3.37. The number of nitrogens with zero attached hydrogens (tertiary/aromatic N) is 2. The molecule has 3 heterocycles. The van der Waals surface area contributed by atoms with E-state index in [-0.39, 0.29) is 17.6 Å². The summed E-state index contributed by atoms with van der Waals surface area (Å²) in [6.07, 6.45) is 0.922. The van der Waals surface area contributed by atoms with Gasteiger partial charge in [-0.2, -0.15) is 0 Å². The first-order valence-electron chi connectivity index (χ1n) is 7.61. The van der Waals surface area contributed by atoms with Gasteiger partial charge < -0.3 is 14.6 Å². The lowest BCUT2D eigenvalue weighted by molar-refractivity contribution is -0.139. The molecule has 0 saturated carbocycles. The average Bonchev–Trinajstić information content (AvgIpc) is 3.05. The zero-order chi connectivity index (χ0) is 16.2. The van der Waals surface area contributed by atoms with Gasteiger partial charge in [0, 0.05) is 23.9 Å². The Morgan fingerprint density at radius 3 is 3.17 bits per heavy atom. The van der Waals surface area contributed by atoms with Crippen LogP contribution in [0.3, 0.4) is 0 Å². The number of ether oxygens (including phenoxy) is 1. The highest BCUT2D eigenvalue weighted by Crippen LogP contribution is 2.21. The summed E-state index contributed by atoms with van der Waals surface area (Å²) < 4.78 is 5.70. The topological polar surface area (TPSA) is 75.3 Å². The van der Waals surface area contributed by atoms with Crippen LogP contribution in [-0.4, -0.2) is 40.5 Å². The van der Waals surface area contributed by atoms with Gasteiger partial charge in [0.15, 0.2) is 0 Å². The number of morpholine rings is 1. The van der Waals surface area contributed by atoms with E-state index in [0.717, 1.165) is 6.42 Å². The van der Waals surface area contributed by atoms with Gasteiger partial charge in [0.05, 0.1) is 18.8 Å². The van der Waals surface area contributed by atoms with Crippen LogP contribution in [0, 0.1) is 6.92 Å². The highest BCUT2D eigenvalue weighted by Gasteiger charge is 2.26. The van der Waals surface area contributed by atoms with Crippen molar-refractivity contribution < 1.29 is 9.53 Å². The van der Waals surface area contributed by atoms with Gasteiger partial charge in [-0.15, -0.1) is 11.3 Å². The summed E-state index contributed by atoms with van der Waals surface area (Å²) in [6.45, 7) is 3.22. The van der Waals surface area contributed by atoms with Crippen LogP contribution in [0.15, 0.2) is 28.4 Å². The van der Waals surface area contributed by atoms with E-state index in [1.165, 1.54) is 10.9 Å². The first kappa shape index (κ1) is 15.9. The van der Waals surface area contributed by atoms with Crippen LogP contribution in [0.5, 0.6) is 0 Å². The lowest BCUT2D eigenvalue weighted by Crippen LogP contribution is -2.42. The number of H-pyrrole nitrogens is 1. The van der Waals surface area contributed by atoms with E-state index in [9.17, 15) is 9.59 Å². The predicted molar refractivity (Wildman–Crippen MR) is 87.5 cm³/mol. The number of rotatable bonds is 4. The zero-order valence-electron chi connectivity index (χ0n) is 12.9. The standard InChI is InChI=1S/C16H19N3O3S/c1-11-17-13(9-15(20)18-11)14-10-19(6-7-22-14)16(21)5-4-12-3-2-8-23-12/h2-3,8-9,14H,4-7,10H2,1H3,(H,17,18,20)/t14-/m0/s1. The largest absolute Gasteiger partial charge is 0.368 e. The maximum absolute atomic E-state index is 12.4. The molecule has 0 unspecified atom stereocenters. The Morgan fingerprint density at radius 1 is 1.57 bits per heavy atom. The second-order valence-corrected chi connectivity index (χ2v) is 6.57. The molecule has 23 heavy (non-hydrogen) atoms. The minimum atomic E-state index is -0.338. The molecule has 1 fully saturated rings. The maximum Gasteiger partial charge on any atom is 0.251 e. The lowest BCUT2D eigenvalue weighted by atomic mass is 10.1. The van der Waals surface area contributed by atoms with Gasteiger partial charge in [-0.05, 0) is 24.8 Å². The number of hydrogen-bond donors (Lipinski definition) is 1. The summed E-state index contributed by atoms with van der Waals surface area (Å²) in [5.74, 6) is 0.672. The van der Waals surface area contributed by atoms with E-state index in [4.69, 9.17) is 4.74 Å². The van der Waals surface area contributed by atoms with Gasteiger partial charge in [-0.3, -0.25) is 9.59 Å². The second kappa shape index (κ2) is 7.06. The van der Waals surface area contributed by atoms with E-state index in [1.54, 1.807) is 23.2 Å². The minimum absolute atomic E-state index is 0.119. The monoisotopic (exact) mass is 333 g/mol. The fraction of sp³-hybridized carbons (Fsp3) is 0.438. The summed E-state index contributed by atoms with van der Waals surface area (Å²) in [7, 11) is 0. The van der Waals surface area contributed by atoms with Gasteiger partial charge in [0.25, 0.3) is 5.56 Å². The van der Waals surface area contributed by atoms with Crippen molar-refractivity contribution >= 4 is 17.2 Å². The highest BCUT2D eigenvalue weighted by atomic mass is 32.1. The van der Waals surface area contributed by atoms with Crippen molar-refractivity contribution in [3.8, 4) is 0 Å². The molecule has 0 aromatic carbocycles. The molecule has 0 bridgehead atoms. The molecule has 2 aromatic heterocycles. The number of carbonyl (C=O) groups excluding carboxylic acids is 1. The smallest absolute Gasteiger partial charge is 0.251 e. The average molecular weight is 333 g/mol. The summed E-state index contributed by atoms with van der Waals surface area (Å²) in [5.41, 5.74) is 0.388. The van der Waals surface area contributed by atoms with Gasteiger partial charge >= 0.3 is 0 Å². The van der Waals surface area contributed by atoms with E-state index in [1.807, 2.05) is 17.5 Å². The Labute approximate surface area is 138 Å². The molecule has 1 N–H and O–H groups in total. The number of aromatic nitrogens is 2. The van der Waals surface area contributed by atoms with Crippen molar-refractivity contribution in [1.29, 1.82) is 0 Å². The molecule has 2 aromatic rings. The number of aromatic amines is 1. The van der Waals surface area contributed by atoms with Crippen molar-refractivity contribution in [2.24, 2.45) is 0 Å². The molecule has 6 nitrogen and oxygen atoms in total. The summed E-state index contributed by atoms with van der Waals surface area (Å²) in [5, 5.41) is 2.02. The Balaban J connectivity index is 1.63. The summed E-state index contributed by atoms with van der Waals surface area (Å²) in [6, 6.07) is 5.48. The van der Waals surface area contributed by atoms with Crippen molar-refractivity contribution in [2.45, 2.75) is 25.9 Å². The Kier molecular flexibility index (Phi) is 4.88. The van der Waals surface area contributed by atoms with Crippen LogP contribution < -0.4 is 5.56 Å². The van der Waals surface area contributed by atoms with E-state index in [0.29, 0.717) is 37.6 Å². The van der Waals surface area contributed by atoms with E-state index >= 15 is 0 Å². The molecule has 1 aliphatic heterocycles. The molecule has 0 radical (unpaired) electrons. The minimum Gasteiger partial charge on any atom is -0.368 e.